The number of hydrogen-bond acceptors (Lipinski definition) is 7. The molecule has 8 heteroatoms. The fourth-order valence-electron chi connectivity index (χ4n) is 5.96. The van der Waals surface area contributed by atoms with Crippen LogP contribution in [0.25, 0.3) is 0 Å². The maximum atomic E-state index is 13.5. The second-order valence-corrected chi connectivity index (χ2v) is 8.50. The fourth-order valence-corrected chi connectivity index (χ4v) is 5.96. The summed E-state index contributed by atoms with van der Waals surface area (Å²) in [6.45, 7) is 3.53. The van der Waals surface area contributed by atoms with E-state index in [1.54, 1.807) is 19.1 Å². The Hall–Kier alpha value is -3.13. The van der Waals surface area contributed by atoms with E-state index in [1.807, 2.05) is 6.92 Å². The largest absolute Gasteiger partial charge is 0.511 e. The van der Waals surface area contributed by atoms with Gasteiger partial charge in [0.2, 0.25) is 0 Å². The standard InChI is InChI=1S/C23H25NO7/c1-4-23-11(8-13(26)16(20(23)28)22(24)30)19(31-3)14-9(2)10-6-5-7-12(25)15(10)18(27)17(14)21(23)29/h5-7,9,11,14,19,25-26,29H,4,8H2,1-3H3,(H2,24,30)/t9-,11+,14+,19-,23-/m0/s1. The Labute approximate surface area is 179 Å². The Bertz CT molecular complexity index is 1090. The van der Waals surface area contributed by atoms with Gasteiger partial charge in [-0.2, -0.15) is 0 Å². The summed E-state index contributed by atoms with van der Waals surface area (Å²) < 4.78 is 5.80. The van der Waals surface area contributed by atoms with E-state index in [1.165, 1.54) is 13.2 Å². The van der Waals surface area contributed by atoms with Gasteiger partial charge < -0.3 is 25.8 Å². The summed E-state index contributed by atoms with van der Waals surface area (Å²) in [4.78, 5) is 38.9. The summed E-state index contributed by atoms with van der Waals surface area (Å²) in [7, 11) is 1.45. The van der Waals surface area contributed by atoms with Crippen molar-refractivity contribution in [3.8, 4) is 5.75 Å². The van der Waals surface area contributed by atoms with E-state index in [-0.39, 0.29) is 35.6 Å². The lowest BCUT2D eigenvalue weighted by atomic mass is 9.51. The van der Waals surface area contributed by atoms with Crippen LogP contribution in [-0.2, 0) is 14.3 Å². The van der Waals surface area contributed by atoms with E-state index >= 15 is 0 Å². The number of aromatic hydroxyl groups is 1. The molecule has 3 aliphatic carbocycles. The molecule has 0 fully saturated rings. The van der Waals surface area contributed by atoms with Crippen LogP contribution >= 0.6 is 0 Å². The number of phenols is 1. The minimum absolute atomic E-state index is 0.00464. The predicted molar refractivity (Wildman–Crippen MR) is 109 cm³/mol. The smallest absolute Gasteiger partial charge is 0.255 e. The highest BCUT2D eigenvalue weighted by molar-refractivity contribution is 6.23. The summed E-state index contributed by atoms with van der Waals surface area (Å²) in [5, 5.41) is 32.3. The number of amides is 1. The molecule has 1 amide bonds. The number of phenolic OH excluding ortho intramolecular Hbond substituents is 1. The number of benzene rings is 1. The molecule has 8 nitrogen and oxygen atoms in total. The zero-order chi connectivity index (χ0) is 22.8. The summed E-state index contributed by atoms with van der Waals surface area (Å²) >= 11 is 0. The van der Waals surface area contributed by atoms with E-state index in [9.17, 15) is 29.7 Å². The van der Waals surface area contributed by atoms with Crippen molar-refractivity contribution in [1.82, 2.24) is 0 Å². The van der Waals surface area contributed by atoms with Gasteiger partial charge in [0, 0.05) is 30.9 Å². The highest BCUT2D eigenvalue weighted by atomic mass is 16.5. The van der Waals surface area contributed by atoms with Crippen LogP contribution in [0.1, 0.15) is 48.5 Å². The molecule has 5 atom stereocenters. The van der Waals surface area contributed by atoms with E-state index in [0.717, 1.165) is 0 Å². The van der Waals surface area contributed by atoms with Crippen molar-refractivity contribution in [3.63, 3.8) is 0 Å². The minimum atomic E-state index is -1.64. The molecule has 0 aliphatic heterocycles. The summed E-state index contributed by atoms with van der Waals surface area (Å²) in [6, 6.07) is 4.79. The first-order valence-corrected chi connectivity index (χ1v) is 10.2. The van der Waals surface area contributed by atoms with E-state index < -0.39 is 57.9 Å². The maximum absolute atomic E-state index is 13.5. The number of ether oxygens (including phenoxy) is 1. The number of Topliss-reactive ketones (excluding diaryl/α,β-unsaturated/α-hetero) is 2. The van der Waals surface area contributed by atoms with Crippen LogP contribution < -0.4 is 5.73 Å². The lowest BCUT2D eigenvalue weighted by molar-refractivity contribution is -0.141. The number of aliphatic hydroxyl groups is 2. The van der Waals surface area contributed by atoms with Crippen LogP contribution in [0.5, 0.6) is 5.75 Å². The Balaban J connectivity index is 2.06. The number of primary amides is 1. The van der Waals surface area contributed by atoms with Gasteiger partial charge in [0.1, 0.15) is 22.8 Å². The number of carbonyl (C=O) groups is 3. The third-order valence-electron chi connectivity index (χ3n) is 7.38. The summed E-state index contributed by atoms with van der Waals surface area (Å²) in [5.74, 6) is -5.18. The topological polar surface area (TPSA) is 147 Å². The molecule has 1 aromatic carbocycles. The number of rotatable bonds is 3. The van der Waals surface area contributed by atoms with Crippen LogP contribution in [0.4, 0.5) is 0 Å². The normalized spacial score (nSPS) is 32.5. The van der Waals surface area contributed by atoms with Gasteiger partial charge in [0.15, 0.2) is 11.6 Å². The third-order valence-corrected chi connectivity index (χ3v) is 7.38. The number of fused-ring (bicyclic) bond motifs is 3. The van der Waals surface area contributed by atoms with Crippen molar-refractivity contribution >= 4 is 17.5 Å². The molecule has 0 spiro atoms. The molecular formula is C23H25NO7. The molecule has 164 valence electrons. The molecule has 0 aromatic heterocycles. The highest BCUT2D eigenvalue weighted by Crippen LogP contribution is 2.60. The molecule has 0 radical (unpaired) electrons. The molecule has 0 saturated heterocycles. The molecule has 0 unspecified atom stereocenters. The van der Waals surface area contributed by atoms with Crippen LogP contribution in [0.3, 0.4) is 0 Å². The second-order valence-electron chi connectivity index (χ2n) is 8.50. The Morgan fingerprint density at radius 2 is 1.94 bits per heavy atom. The summed E-state index contributed by atoms with van der Waals surface area (Å²) in [5.41, 5.74) is 3.87. The molecule has 1 aromatic rings. The van der Waals surface area contributed by atoms with Gasteiger partial charge in [-0.15, -0.1) is 0 Å². The van der Waals surface area contributed by atoms with Crippen molar-refractivity contribution in [1.29, 1.82) is 0 Å². The zero-order valence-corrected chi connectivity index (χ0v) is 17.5. The first-order chi connectivity index (χ1) is 14.6. The number of nitrogens with two attached hydrogens (primary N) is 1. The van der Waals surface area contributed by atoms with Crippen LogP contribution in [0.2, 0.25) is 0 Å². The Morgan fingerprint density at radius 1 is 1.26 bits per heavy atom. The van der Waals surface area contributed by atoms with Crippen LogP contribution in [0, 0.1) is 17.3 Å². The first-order valence-electron chi connectivity index (χ1n) is 10.2. The van der Waals surface area contributed by atoms with Gasteiger partial charge in [0.25, 0.3) is 5.91 Å². The Kier molecular flexibility index (Phi) is 4.73. The number of ketones is 2. The van der Waals surface area contributed by atoms with Gasteiger partial charge in [0.05, 0.1) is 17.1 Å². The van der Waals surface area contributed by atoms with Gasteiger partial charge in [-0.3, -0.25) is 14.4 Å². The van der Waals surface area contributed by atoms with Crippen molar-refractivity contribution in [2.75, 3.05) is 7.11 Å². The monoisotopic (exact) mass is 427 g/mol. The molecule has 31 heavy (non-hydrogen) atoms. The molecule has 0 bridgehead atoms. The second kappa shape index (κ2) is 6.95. The molecule has 5 N–H and O–H groups in total. The average molecular weight is 427 g/mol. The average Bonchev–Trinajstić information content (AvgIpc) is 2.71. The minimum Gasteiger partial charge on any atom is -0.511 e. The zero-order valence-electron chi connectivity index (χ0n) is 17.5. The number of aliphatic hydroxyl groups excluding tert-OH is 2. The lowest BCUT2D eigenvalue weighted by Gasteiger charge is -2.53. The SMILES string of the molecule is CC[C@@]12C(=O)C(C(N)=O)=C(O)C[C@@H]1[C@H](OC)[C@H]1C(=C2O)C(=O)c2c(O)cccc2[C@@H]1C. The molecule has 3 aliphatic rings. The van der Waals surface area contributed by atoms with Crippen molar-refractivity contribution in [3.05, 3.63) is 52.0 Å². The van der Waals surface area contributed by atoms with Gasteiger partial charge >= 0.3 is 0 Å². The molecule has 0 heterocycles. The predicted octanol–water partition coefficient (Wildman–Crippen LogP) is 2.43. The number of hydrogen-bond donors (Lipinski definition) is 4. The first kappa shape index (κ1) is 21.1. The number of allylic oxidation sites excluding steroid dienone is 2. The van der Waals surface area contributed by atoms with E-state index in [4.69, 9.17) is 10.5 Å². The maximum Gasteiger partial charge on any atom is 0.255 e. The highest BCUT2D eigenvalue weighted by Gasteiger charge is 2.63. The van der Waals surface area contributed by atoms with E-state index in [2.05, 4.69) is 0 Å². The molecular weight excluding hydrogens is 402 g/mol. The van der Waals surface area contributed by atoms with Crippen molar-refractivity contribution in [2.24, 2.45) is 23.0 Å². The van der Waals surface area contributed by atoms with Gasteiger partial charge in [-0.25, -0.2) is 0 Å². The van der Waals surface area contributed by atoms with Gasteiger partial charge in [-0.1, -0.05) is 26.0 Å². The molecule has 4 rings (SSSR count). The van der Waals surface area contributed by atoms with Crippen molar-refractivity contribution in [2.45, 2.75) is 38.7 Å². The quantitative estimate of drug-likeness (QED) is 0.542. The third kappa shape index (κ3) is 2.48. The summed E-state index contributed by atoms with van der Waals surface area (Å²) in [6.07, 6.45) is -0.740. The fraction of sp³-hybridized carbons (Fsp3) is 0.435. The van der Waals surface area contributed by atoms with Gasteiger partial charge in [-0.05, 0) is 24.0 Å². The Morgan fingerprint density at radius 3 is 2.52 bits per heavy atom. The lowest BCUT2D eigenvalue weighted by Crippen LogP contribution is -2.58. The van der Waals surface area contributed by atoms with Crippen molar-refractivity contribution < 1.29 is 34.4 Å². The number of methoxy groups -OCH3 is 1. The van der Waals surface area contributed by atoms with E-state index in [0.29, 0.717) is 5.56 Å². The molecule has 0 saturated carbocycles. The van der Waals surface area contributed by atoms with Crippen LogP contribution in [0.15, 0.2) is 40.9 Å². The van der Waals surface area contributed by atoms with Crippen LogP contribution in [-0.4, -0.2) is 46.0 Å². The number of carbonyl (C=O) groups excluding carboxylic acids is 3.